The molecular weight excluding hydrogens is 324 g/mol. The Labute approximate surface area is 146 Å². The minimum atomic E-state index is -0.0927. The van der Waals surface area contributed by atoms with Crippen LogP contribution in [0.3, 0.4) is 0 Å². The Morgan fingerprint density at radius 3 is 3.04 bits per heavy atom. The van der Waals surface area contributed by atoms with E-state index in [9.17, 15) is 4.79 Å². The highest BCUT2D eigenvalue weighted by Crippen LogP contribution is 2.17. The number of carbonyl (C=O) groups excluding carboxylic acids is 1. The van der Waals surface area contributed by atoms with Gasteiger partial charge in [0.05, 0.1) is 6.61 Å². The first-order valence-corrected chi connectivity index (χ1v) is 9.16. The van der Waals surface area contributed by atoms with Crippen LogP contribution < -0.4 is 10.1 Å². The fraction of sp³-hybridized carbons (Fsp3) is 0.444. The van der Waals surface area contributed by atoms with Gasteiger partial charge in [0.2, 0.25) is 5.88 Å². The molecule has 0 bridgehead atoms. The van der Waals surface area contributed by atoms with Gasteiger partial charge in [0.1, 0.15) is 0 Å². The van der Waals surface area contributed by atoms with Crippen LogP contribution in [0.2, 0.25) is 0 Å². The van der Waals surface area contributed by atoms with Crippen molar-refractivity contribution in [1.82, 2.24) is 10.3 Å². The smallest absolute Gasteiger partial charge is 0.251 e. The Bertz CT molecular complexity index is 639. The molecule has 1 aliphatic rings. The Kier molecular flexibility index (Phi) is 6.20. The quantitative estimate of drug-likeness (QED) is 0.837. The molecule has 6 heteroatoms. The first-order chi connectivity index (χ1) is 11.8. The number of hydrogen-bond acceptors (Lipinski definition) is 5. The molecule has 1 N–H and O–H groups in total. The fourth-order valence-electron chi connectivity index (χ4n) is 2.60. The van der Waals surface area contributed by atoms with Crippen LogP contribution in [0.5, 0.6) is 5.88 Å². The molecule has 1 fully saturated rings. The van der Waals surface area contributed by atoms with Gasteiger partial charge in [-0.2, -0.15) is 0 Å². The van der Waals surface area contributed by atoms with Gasteiger partial charge in [-0.05, 0) is 42.7 Å². The molecule has 0 aliphatic carbocycles. The summed E-state index contributed by atoms with van der Waals surface area (Å²) in [6, 6.07) is 7.51. The van der Waals surface area contributed by atoms with E-state index in [1.807, 2.05) is 11.4 Å². The molecule has 128 valence electrons. The molecule has 24 heavy (non-hydrogen) atoms. The topological polar surface area (TPSA) is 60.5 Å². The third-order valence-corrected chi connectivity index (χ3v) is 4.98. The lowest BCUT2D eigenvalue weighted by Gasteiger charge is -2.21. The number of ether oxygens (including phenoxy) is 2. The Balaban J connectivity index is 1.47. The maximum Gasteiger partial charge on any atom is 0.251 e. The van der Waals surface area contributed by atoms with Gasteiger partial charge in [-0.3, -0.25) is 4.79 Å². The molecular formula is C18H22N2O3S. The van der Waals surface area contributed by atoms with Gasteiger partial charge in [0.25, 0.3) is 5.91 Å². The lowest BCUT2D eigenvalue weighted by atomic mass is 10.0. The van der Waals surface area contributed by atoms with E-state index in [1.54, 1.807) is 29.7 Å². The van der Waals surface area contributed by atoms with Gasteiger partial charge >= 0.3 is 0 Å². The second-order valence-electron chi connectivity index (χ2n) is 5.83. The number of rotatable bonds is 7. The maximum absolute atomic E-state index is 12.2. The second-order valence-corrected chi connectivity index (χ2v) is 6.87. The molecule has 3 rings (SSSR count). The van der Waals surface area contributed by atoms with Crippen molar-refractivity contribution in [2.45, 2.75) is 19.3 Å². The van der Waals surface area contributed by atoms with Crippen LogP contribution in [0.25, 0.3) is 0 Å². The minimum absolute atomic E-state index is 0.0927. The van der Waals surface area contributed by atoms with Crippen molar-refractivity contribution >= 4 is 17.2 Å². The van der Waals surface area contributed by atoms with Crippen LogP contribution in [0.4, 0.5) is 0 Å². The largest absolute Gasteiger partial charge is 0.477 e. The maximum atomic E-state index is 12.2. The second kappa shape index (κ2) is 8.80. The summed E-state index contributed by atoms with van der Waals surface area (Å²) >= 11 is 1.70. The molecule has 2 aromatic heterocycles. The molecule has 5 nitrogen and oxygen atoms in total. The van der Waals surface area contributed by atoms with E-state index < -0.39 is 0 Å². The van der Waals surface area contributed by atoms with Crippen LogP contribution in [0, 0.1) is 5.92 Å². The van der Waals surface area contributed by atoms with Crippen molar-refractivity contribution in [3.05, 3.63) is 46.3 Å². The zero-order chi connectivity index (χ0) is 16.6. The van der Waals surface area contributed by atoms with Crippen molar-refractivity contribution in [3.8, 4) is 5.88 Å². The zero-order valence-corrected chi connectivity index (χ0v) is 14.4. The van der Waals surface area contributed by atoms with Crippen LogP contribution in [0.1, 0.15) is 28.1 Å². The van der Waals surface area contributed by atoms with Crippen LogP contribution >= 0.6 is 11.3 Å². The number of carbonyl (C=O) groups is 1. The summed E-state index contributed by atoms with van der Waals surface area (Å²) in [6.45, 7) is 2.85. The van der Waals surface area contributed by atoms with Gasteiger partial charge in [0, 0.05) is 42.5 Å². The van der Waals surface area contributed by atoms with Gasteiger partial charge in [-0.15, -0.1) is 11.3 Å². The molecule has 0 aromatic carbocycles. The summed E-state index contributed by atoms with van der Waals surface area (Å²) in [7, 11) is 0. The summed E-state index contributed by atoms with van der Waals surface area (Å²) in [5.74, 6) is 0.918. The lowest BCUT2D eigenvalue weighted by molar-refractivity contribution is 0.0490. The van der Waals surface area contributed by atoms with Crippen molar-refractivity contribution in [1.29, 1.82) is 0 Å². The number of hydrogen-bond donors (Lipinski definition) is 1. The summed E-state index contributed by atoms with van der Waals surface area (Å²) in [5.41, 5.74) is 0.582. The average Bonchev–Trinajstić information content (AvgIpc) is 3.14. The minimum Gasteiger partial charge on any atom is -0.477 e. The predicted molar refractivity (Wildman–Crippen MR) is 93.6 cm³/mol. The number of aromatic nitrogens is 1. The van der Waals surface area contributed by atoms with Crippen molar-refractivity contribution in [2.24, 2.45) is 5.92 Å². The van der Waals surface area contributed by atoms with E-state index in [1.165, 1.54) is 4.88 Å². The Morgan fingerprint density at radius 2 is 2.25 bits per heavy atom. The standard InChI is InChI=1S/C18H22N2O3S/c21-18(20-8-4-16-2-1-11-24-16)15-3-7-19-17(12-15)23-13-14-5-9-22-10-6-14/h1-3,7,11-12,14H,4-6,8-10,13H2,(H,20,21). The SMILES string of the molecule is O=C(NCCc1cccs1)c1ccnc(OCC2CCOCC2)c1. The van der Waals surface area contributed by atoms with E-state index in [-0.39, 0.29) is 5.91 Å². The average molecular weight is 346 g/mol. The number of amides is 1. The van der Waals surface area contributed by atoms with Gasteiger partial charge < -0.3 is 14.8 Å². The summed E-state index contributed by atoms with van der Waals surface area (Å²) < 4.78 is 11.1. The van der Waals surface area contributed by atoms with E-state index >= 15 is 0 Å². The number of nitrogens with zero attached hydrogens (tertiary/aromatic N) is 1. The lowest BCUT2D eigenvalue weighted by Crippen LogP contribution is -2.25. The van der Waals surface area contributed by atoms with Crippen molar-refractivity contribution in [3.63, 3.8) is 0 Å². The number of thiophene rings is 1. The van der Waals surface area contributed by atoms with Crippen LogP contribution in [-0.2, 0) is 11.2 Å². The highest BCUT2D eigenvalue weighted by molar-refractivity contribution is 7.09. The van der Waals surface area contributed by atoms with E-state index in [4.69, 9.17) is 9.47 Å². The third kappa shape index (κ3) is 5.04. The van der Waals surface area contributed by atoms with Gasteiger partial charge in [-0.25, -0.2) is 4.98 Å². The van der Waals surface area contributed by atoms with Gasteiger partial charge in [-0.1, -0.05) is 6.07 Å². The zero-order valence-electron chi connectivity index (χ0n) is 13.6. The normalized spacial score (nSPS) is 15.2. The summed E-state index contributed by atoms with van der Waals surface area (Å²) in [5, 5.41) is 4.98. The van der Waals surface area contributed by atoms with E-state index in [0.717, 1.165) is 32.5 Å². The molecule has 0 atom stereocenters. The highest BCUT2D eigenvalue weighted by atomic mass is 32.1. The Morgan fingerprint density at radius 1 is 1.38 bits per heavy atom. The van der Waals surface area contributed by atoms with Crippen LogP contribution in [0.15, 0.2) is 35.8 Å². The molecule has 2 aromatic rings. The monoisotopic (exact) mass is 346 g/mol. The fourth-order valence-corrected chi connectivity index (χ4v) is 3.31. The number of nitrogens with one attached hydrogen (secondary N) is 1. The molecule has 1 saturated heterocycles. The first-order valence-electron chi connectivity index (χ1n) is 8.28. The summed E-state index contributed by atoms with van der Waals surface area (Å²) in [4.78, 5) is 17.7. The molecule has 0 spiro atoms. The number of pyridine rings is 1. The molecule has 3 heterocycles. The molecule has 0 unspecified atom stereocenters. The Hall–Kier alpha value is -1.92. The molecule has 0 radical (unpaired) electrons. The summed E-state index contributed by atoms with van der Waals surface area (Å²) in [6.07, 6.45) is 4.50. The predicted octanol–water partition coefficient (Wildman–Crippen LogP) is 2.92. The van der Waals surface area contributed by atoms with E-state index in [2.05, 4.69) is 16.4 Å². The molecule has 0 saturated carbocycles. The van der Waals surface area contributed by atoms with Crippen molar-refractivity contribution in [2.75, 3.05) is 26.4 Å². The third-order valence-electron chi connectivity index (χ3n) is 4.04. The van der Waals surface area contributed by atoms with E-state index in [0.29, 0.717) is 30.5 Å². The molecule has 1 amide bonds. The van der Waals surface area contributed by atoms with Crippen LogP contribution in [-0.4, -0.2) is 37.3 Å². The van der Waals surface area contributed by atoms with Gasteiger partial charge in [0.15, 0.2) is 0 Å². The first kappa shape index (κ1) is 16.9. The highest BCUT2D eigenvalue weighted by Gasteiger charge is 2.15. The molecule has 1 aliphatic heterocycles. The van der Waals surface area contributed by atoms with Crippen molar-refractivity contribution < 1.29 is 14.3 Å².